The fraction of sp³-hybridized carbons (Fsp3) is 0.267. The number of rotatable bonds is 1. The molecule has 0 saturated heterocycles. The van der Waals surface area contributed by atoms with Crippen LogP contribution in [0.2, 0.25) is 0 Å². The maximum Gasteiger partial charge on any atom is 0.147 e. The second kappa shape index (κ2) is 5.21. The molecule has 0 saturated carbocycles. The van der Waals surface area contributed by atoms with Crippen LogP contribution in [0.25, 0.3) is 0 Å². The largest absolute Gasteiger partial charge is 0.397 e. The Morgan fingerprint density at radius 1 is 1.21 bits per heavy atom. The summed E-state index contributed by atoms with van der Waals surface area (Å²) in [7, 11) is 0. The molecule has 2 aromatic rings. The van der Waals surface area contributed by atoms with Gasteiger partial charge >= 0.3 is 0 Å². The Labute approximate surface area is 121 Å². The zero-order chi connectivity index (χ0) is 13.2. The minimum absolute atomic E-state index is 0.679. The van der Waals surface area contributed by atoms with Crippen molar-refractivity contribution in [1.29, 1.82) is 0 Å². The zero-order valence-corrected chi connectivity index (χ0v) is 12.2. The monoisotopic (exact) mass is 317 g/mol. The lowest BCUT2D eigenvalue weighted by Crippen LogP contribution is -2.19. The smallest absolute Gasteiger partial charge is 0.147 e. The van der Waals surface area contributed by atoms with Crippen molar-refractivity contribution in [1.82, 2.24) is 4.98 Å². The van der Waals surface area contributed by atoms with Gasteiger partial charge in [-0.1, -0.05) is 18.2 Å². The Bertz CT molecular complexity index is 598. The molecule has 0 unspecified atom stereocenters. The molecule has 98 valence electrons. The van der Waals surface area contributed by atoms with Crippen LogP contribution in [-0.2, 0) is 6.42 Å². The molecule has 0 fully saturated rings. The van der Waals surface area contributed by atoms with Crippen LogP contribution in [0.4, 0.5) is 17.2 Å². The average molecular weight is 318 g/mol. The zero-order valence-electron chi connectivity index (χ0n) is 10.6. The summed E-state index contributed by atoms with van der Waals surface area (Å²) in [5, 5.41) is 0. The minimum Gasteiger partial charge on any atom is -0.397 e. The number of pyridine rings is 1. The van der Waals surface area contributed by atoms with Gasteiger partial charge in [0.2, 0.25) is 0 Å². The number of nitrogen functional groups attached to an aromatic ring is 1. The van der Waals surface area contributed by atoms with Crippen LogP contribution in [0.3, 0.4) is 0 Å². The van der Waals surface area contributed by atoms with Gasteiger partial charge in [-0.2, -0.15) is 0 Å². The number of para-hydroxylation sites is 1. The Kier molecular flexibility index (Phi) is 3.42. The van der Waals surface area contributed by atoms with Crippen LogP contribution in [0.1, 0.15) is 18.4 Å². The van der Waals surface area contributed by atoms with Gasteiger partial charge < -0.3 is 10.6 Å². The molecule has 0 spiro atoms. The van der Waals surface area contributed by atoms with Crippen molar-refractivity contribution in [2.45, 2.75) is 19.3 Å². The summed E-state index contributed by atoms with van der Waals surface area (Å²) in [4.78, 5) is 6.78. The van der Waals surface area contributed by atoms with E-state index in [-0.39, 0.29) is 0 Å². The number of aryl methyl sites for hydroxylation is 1. The number of halogens is 1. The molecule has 1 aromatic heterocycles. The molecule has 4 heteroatoms. The number of nitrogens with two attached hydrogens (primary N) is 1. The van der Waals surface area contributed by atoms with Gasteiger partial charge in [0, 0.05) is 12.2 Å². The van der Waals surface area contributed by atoms with Crippen LogP contribution in [0.15, 0.2) is 41.0 Å². The predicted octanol–water partition coefficient (Wildman–Crippen LogP) is 3.90. The van der Waals surface area contributed by atoms with E-state index in [1.807, 2.05) is 6.07 Å². The van der Waals surface area contributed by atoms with E-state index in [1.165, 1.54) is 24.1 Å². The predicted molar refractivity (Wildman–Crippen MR) is 82.7 cm³/mol. The molecular formula is C15H16BrN3. The Hall–Kier alpha value is -1.55. The van der Waals surface area contributed by atoms with Crippen LogP contribution in [0, 0.1) is 0 Å². The minimum atomic E-state index is 0.679. The maximum atomic E-state index is 5.77. The summed E-state index contributed by atoms with van der Waals surface area (Å²) >= 11 is 3.58. The fourth-order valence-corrected chi connectivity index (χ4v) is 3.14. The first-order valence-corrected chi connectivity index (χ1v) is 7.31. The summed E-state index contributed by atoms with van der Waals surface area (Å²) in [6.45, 7) is 0.993. The number of aromatic nitrogens is 1. The lowest BCUT2D eigenvalue weighted by atomic mass is 10.1. The highest BCUT2D eigenvalue weighted by Gasteiger charge is 2.19. The van der Waals surface area contributed by atoms with Crippen molar-refractivity contribution in [2.75, 3.05) is 17.2 Å². The quantitative estimate of drug-likeness (QED) is 0.867. The second-order valence-corrected chi connectivity index (χ2v) is 5.67. The Balaban J connectivity index is 2.09. The van der Waals surface area contributed by atoms with E-state index in [2.05, 4.69) is 50.1 Å². The third-order valence-corrected chi connectivity index (χ3v) is 4.04. The number of nitrogens with zero attached hydrogens (tertiary/aromatic N) is 2. The van der Waals surface area contributed by atoms with Crippen LogP contribution in [0.5, 0.6) is 0 Å². The third kappa shape index (κ3) is 2.45. The van der Waals surface area contributed by atoms with Crippen molar-refractivity contribution < 1.29 is 0 Å². The van der Waals surface area contributed by atoms with Crippen molar-refractivity contribution in [3.63, 3.8) is 0 Å². The van der Waals surface area contributed by atoms with E-state index in [1.54, 1.807) is 6.20 Å². The van der Waals surface area contributed by atoms with Gasteiger partial charge in [-0.25, -0.2) is 4.98 Å². The molecule has 1 aliphatic rings. The van der Waals surface area contributed by atoms with Gasteiger partial charge in [-0.15, -0.1) is 0 Å². The van der Waals surface area contributed by atoms with Crippen molar-refractivity contribution in [2.24, 2.45) is 0 Å². The summed E-state index contributed by atoms with van der Waals surface area (Å²) in [5.41, 5.74) is 9.11. The summed E-state index contributed by atoms with van der Waals surface area (Å²) in [6.07, 6.45) is 5.25. The van der Waals surface area contributed by atoms with Gasteiger partial charge in [0.1, 0.15) is 5.82 Å². The van der Waals surface area contributed by atoms with Gasteiger partial charge in [0.05, 0.1) is 16.4 Å². The maximum absolute atomic E-state index is 5.77. The van der Waals surface area contributed by atoms with E-state index in [9.17, 15) is 0 Å². The Morgan fingerprint density at radius 2 is 2.05 bits per heavy atom. The molecule has 2 heterocycles. The van der Waals surface area contributed by atoms with E-state index in [4.69, 9.17) is 5.73 Å². The molecule has 1 aromatic carbocycles. The molecule has 3 rings (SSSR count). The molecule has 0 radical (unpaired) electrons. The summed E-state index contributed by atoms with van der Waals surface area (Å²) < 4.78 is 0.948. The number of fused-ring (bicyclic) bond motifs is 1. The standard InChI is InChI=1S/C15H16BrN3/c16-13-9-12(17)10-18-15(13)19-8-4-3-6-11-5-1-2-7-14(11)19/h1-2,5,7,9-10H,3-4,6,8,17H2. The summed E-state index contributed by atoms with van der Waals surface area (Å²) in [6, 6.07) is 10.5. The van der Waals surface area contributed by atoms with Gasteiger partial charge in [0.15, 0.2) is 0 Å². The van der Waals surface area contributed by atoms with Crippen LogP contribution < -0.4 is 10.6 Å². The first-order chi connectivity index (χ1) is 9.25. The van der Waals surface area contributed by atoms with Gasteiger partial charge in [-0.05, 0) is 52.9 Å². The van der Waals surface area contributed by atoms with Gasteiger partial charge in [0.25, 0.3) is 0 Å². The number of anilines is 3. The highest BCUT2D eigenvalue weighted by molar-refractivity contribution is 9.10. The lowest BCUT2D eigenvalue weighted by Gasteiger charge is -2.25. The number of hydrogen-bond donors (Lipinski definition) is 1. The average Bonchev–Trinajstić information content (AvgIpc) is 2.61. The second-order valence-electron chi connectivity index (χ2n) is 4.81. The lowest BCUT2D eigenvalue weighted by molar-refractivity contribution is 0.757. The SMILES string of the molecule is Nc1cnc(N2CCCCc3ccccc32)c(Br)c1. The van der Waals surface area contributed by atoms with E-state index < -0.39 is 0 Å². The highest BCUT2D eigenvalue weighted by atomic mass is 79.9. The van der Waals surface area contributed by atoms with E-state index in [0.29, 0.717) is 5.69 Å². The molecule has 0 aliphatic carbocycles. The first-order valence-electron chi connectivity index (χ1n) is 6.52. The molecule has 0 amide bonds. The first kappa shape index (κ1) is 12.5. The van der Waals surface area contributed by atoms with E-state index >= 15 is 0 Å². The summed E-state index contributed by atoms with van der Waals surface area (Å²) in [5.74, 6) is 0.948. The van der Waals surface area contributed by atoms with Crippen molar-refractivity contribution >= 4 is 33.1 Å². The van der Waals surface area contributed by atoms with E-state index in [0.717, 1.165) is 23.3 Å². The van der Waals surface area contributed by atoms with Crippen LogP contribution in [-0.4, -0.2) is 11.5 Å². The third-order valence-electron chi connectivity index (χ3n) is 3.46. The molecule has 2 N–H and O–H groups in total. The molecule has 19 heavy (non-hydrogen) atoms. The van der Waals surface area contributed by atoms with Crippen LogP contribution >= 0.6 is 15.9 Å². The topological polar surface area (TPSA) is 42.1 Å². The number of benzene rings is 1. The fourth-order valence-electron chi connectivity index (χ4n) is 2.56. The normalized spacial score (nSPS) is 14.9. The molecule has 0 atom stereocenters. The van der Waals surface area contributed by atoms with Gasteiger partial charge in [-0.3, -0.25) is 0 Å². The molecule has 3 nitrogen and oxygen atoms in total. The number of hydrogen-bond acceptors (Lipinski definition) is 3. The van der Waals surface area contributed by atoms with Crippen molar-refractivity contribution in [3.05, 3.63) is 46.6 Å². The Morgan fingerprint density at radius 3 is 2.89 bits per heavy atom. The molecule has 1 aliphatic heterocycles. The highest BCUT2D eigenvalue weighted by Crippen LogP contribution is 2.35. The van der Waals surface area contributed by atoms with Crippen molar-refractivity contribution in [3.8, 4) is 0 Å². The molecule has 0 bridgehead atoms. The molecular weight excluding hydrogens is 302 g/mol.